The van der Waals surface area contributed by atoms with Crippen LogP contribution in [0, 0.1) is 13.8 Å². The lowest BCUT2D eigenvalue weighted by molar-refractivity contribution is -0.274. The molecule has 0 amide bonds. The van der Waals surface area contributed by atoms with Gasteiger partial charge in [-0.1, -0.05) is 0 Å². The summed E-state index contributed by atoms with van der Waals surface area (Å²) >= 11 is 0. The lowest BCUT2D eigenvalue weighted by Crippen LogP contribution is -2.54. The van der Waals surface area contributed by atoms with Crippen molar-refractivity contribution in [1.29, 1.82) is 0 Å². The highest BCUT2D eigenvalue weighted by Gasteiger charge is 2.31. The van der Waals surface area contributed by atoms with Crippen LogP contribution in [0.25, 0.3) is 5.78 Å². The summed E-state index contributed by atoms with van der Waals surface area (Å²) in [6, 6.07) is 5.79. The molecule has 0 spiro atoms. The zero-order valence-electron chi connectivity index (χ0n) is 16.7. The first-order valence-corrected chi connectivity index (χ1v) is 9.46. The van der Waals surface area contributed by atoms with Crippen LogP contribution < -0.4 is 20.1 Å². The van der Waals surface area contributed by atoms with Crippen molar-refractivity contribution in [2.45, 2.75) is 33.2 Å². The number of fused-ring (bicyclic) bond motifs is 1. The Morgan fingerprint density at radius 1 is 1.13 bits per heavy atom. The molecule has 11 heteroatoms. The van der Waals surface area contributed by atoms with Crippen LogP contribution in [-0.2, 0) is 0 Å². The highest BCUT2D eigenvalue weighted by Crippen LogP contribution is 2.28. The summed E-state index contributed by atoms with van der Waals surface area (Å²) < 4.78 is 42.3. The van der Waals surface area contributed by atoms with Gasteiger partial charge in [-0.05, 0) is 45.0 Å². The second-order valence-corrected chi connectivity index (χ2v) is 7.33. The quantitative estimate of drug-likeness (QED) is 0.699. The number of rotatable bonds is 3. The lowest BCUT2D eigenvalue weighted by atomic mass is 10.1. The van der Waals surface area contributed by atoms with Crippen molar-refractivity contribution in [1.82, 2.24) is 19.6 Å². The Morgan fingerprint density at radius 3 is 2.47 bits per heavy atom. The summed E-state index contributed by atoms with van der Waals surface area (Å²) in [6.45, 7) is 7.32. The maximum Gasteiger partial charge on any atom is 0.573 e. The van der Waals surface area contributed by atoms with Gasteiger partial charge < -0.3 is 14.5 Å². The number of ether oxygens (including phenoxy) is 1. The van der Waals surface area contributed by atoms with Crippen molar-refractivity contribution in [3.05, 3.63) is 46.1 Å². The van der Waals surface area contributed by atoms with Crippen LogP contribution in [0.5, 0.6) is 5.75 Å². The summed E-state index contributed by atoms with van der Waals surface area (Å²) in [6.07, 6.45) is -4.71. The molecule has 8 nitrogen and oxygen atoms in total. The molecular formula is C19H21F3N6O2. The van der Waals surface area contributed by atoms with Crippen LogP contribution in [0.4, 0.5) is 24.5 Å². The maximum atomic E-state index is 13.0. The molecule has 0 radical (unpaired) electrons. The predicted octanol–water partition coefficient (Wildman–Crippen LogP) is 2.65. The molecule has 1 saturated heterocycles. The number of aromatic amines is 1. The van der Waals surface area contributed by atoms with Crippen LogP contribution >= 0.6 is 0 Å². The molecule has 3 aromatic rings. The fourth-order valence-electron chi connectivity index (χ4n) is 3.83. The molecule has 160 valence electrons. The van der Waals surface area contributed by atoms with E-state index in [4.69, 9.17) is 0 Å². The SMILES string of the molecule is Cc1nc2nc(C)c(N3CCN(c4ccc(OC(F)(F)F)cc4)CC3C)c(=O)n2[nH]1. The van der Waals surface area contributed by atoms with Gasteiger partial charge in [-0.2, -0.15) is 9.50 Å². The van der Waals surface area contributed by atoms with E-state index in [1.165, 1.54) is 16.6 Å². The van der Waals surface area contributed by atoms with Crippen molar-refractivity contribution < 1.29 is 17.9 Å². The molecule has 1 atom stereocenters. The zero-order chi connectivity index (χ0) is 21.6. The van der Waals surface area contributed by atoms with Gasteiger partial charge in [0.1, 0.15) is 17.3 Å². The monoisotopic (exact) mass is 422 g/mol. The number of anilines is 2. The minimum atomic E-state index is -4.71. The average Bonchev–Trinajstić information content (AvgIpc) is 3.02. The molecule has 1 aliphatic heterocycles. The Labute approximate surface area is 169 Å². The molecular weight excluding hydrogens is 401 g/mol. The predicted molar refractivity (Wildman–Crippen MR) is 105 cm³/mol. The normalized spacial score (nSPS) is 17.6. The summed E-state index contributed by atoms with van der Waals surface area (Å²) in [7, 11) is 0. The van der Waals surface area contributed by atoms with Crippen molar-refractivity contribution in [2.75, 3.05) is 29.4 Å². The molecule has 2 aromatic heterocycles. The van der Waals surface area contributed by atoms with Gasteiger partial charge in [0.25, 0.3) is 11.3 Å². The number of piperazine rings is 1. The van der Waals surface area contributed by atoms with Crippen LogP contribution in [0.15, 0.2) is 29.1 Å². The minimum Gasteiger partial charge on any atom is -0.406 e. The van der Waals surface area contributed by atoms with E-state index < -0.39 is 6.36 Å². The van der Waals surface area contributed by atoms with Gasteiger partial charge in [0.15, 0.2) is 0 Å². The molecule has 3 heterocycles. The fourth-order valence-corrected chi connectivity index (χ4v) is 3.83. The molecule has 0 aliphatic carbocycles. The largest absolute Gasteiger partial charge is 0.573 e. The first kappa shape index (κ1) is 20.0. The molecule has 1 N–H and O–H groups in total. The number of hydrogen-bond acceptors (Lipinski definition) is 6. The van der Waals surface area contributed by atoms with Crippen molar-refractivity contribution in [2.24, 2.45) is 0 Å². The van der Waals surface area contributed by atoms with Gasteiger partial charge in [-0.25, -0.2) is 4.98 Å². The number of aryl methyl sites for hydroxylation is 2. The summed E-state index contributed by atoms with van der Waals surface area (Å²) in [5.41, 5.74) is 1.73. The number of halogens is 3. The Balaban J connectivity index is 1.54. The Bertz CT molecular complexity index is 1120. The van der Waals surface area contributed by atoms with Gasteiger partial charge >= 0.3 is 6.36 Å². The van der Waals surface area contributed by atoms with Crippen LogP contribution in [0.1, 0.15) is 18.4 Å². The van der Waals surface area contributed by atoms with E-state index in [2.05, 4.69) is 24.7 Å². The van der Waals surface area contributed by atoms with Gasteiger partial charge in [0.05, 0.1) is 5.69 Å². The number of aromatic nitrogens is 4. The van der Waals surface area contributed by atoms with E-state index >= 15 is 0 Å². The van der Waals surface area contributed by atoms with E-state index in [0.717, 1.165) is 5.69 Å². The number of H-pyrrole nitrogens is 1. The fraction of sp³-hybridized carbons (Fsp3) is 0.421. The zero-order valence-corrected chi connectivity index (χ0v) is 16.7. The third-order valence-corrected chi connectivity index (χ3v) is 5.11. The minimum absolute atomic E-state index is 0.0138. The molecule has 1 unspecified atom stereocenters. The van der Waals surface area contributed by atoms with Crippen LogP contribution in [-0.4, -0.2) is 51.6 Å². The van der Waals surface area contributed by atoms with Crippen molar-refractivity contribution in [3.8, 4) is 5.75 Å². The highest BCUT2D eigenvalue weighted by atomic mass is 19.4. The third-order valence-electron chi connectivity index (χ3n) is 5.11. The van der Waals surface area contributed by atoms with Crippen LogP contribution in [0.2, 0.25) is 0 Å². The first-order valence-electron chi connectivity index (χ1n) is 9.46. The Morgan fingerprint density at radius 2 is 1.83 bits per heavy atom. The lowest BCUT2D eigenvalue weighted by Gasteiger charge is -2.42. The number of hydrogen-bond donors (Lipinski definition) is 1. The maximum absolute atomic E-state index is 13.0. The van der Waals surface area contributed by atoms with Crippen molar-refractivity contribution in [3.63, 3.8) is 0 Å². The van der Waals surface area contributed by atoms with E-state index in [9.17, 15) is 18.0 Å². The van der Waals surface area contributed by atoms with E-state index in [1.54, 1.807) is 26.0 Å². The van der Waals surface area contributed by atoms with Gasteiger partial charge in [0.2, 0.25) is 0 Å². The average molecular weight is 422 g/mol. The second kappa shape index (κ2) is 7.22. The number of benzene rings is 1. The third kappa shape index (κ3) is 3.79. The molecule has 1 aromatic carbocycles. The van der Waals surface area contributed by atoms with E-state index in [1.807, 2.05) is 11.8 Å². The van der Waals surface area contributed by atoms with Crippen LogP contribution in [0.3, 0.4) is 0 Å². The summed E-state index contributed by atoms with van der Waals surface area (Å²) in [4.78, 5) is 25.7. The number of alkyl halides is 3. The van der Waals surface area contributed by atoms with Gasteiger partial charge in [-0.15, -0.1) is 13.2 Å². The molecule has 30 heavy (non-hydrogen) atoms. The number of nitrogens with one attached hydrogen (secondary N) is 1. The topological polar surface area (TPSA) is 78.8 Å². The summed E-state index contributed by atoms with van der Waals surface area (Å²) in [5, 5.41) is 2.91. The standard InChI is InChI=1S/C19H21F3N6O2/c1-11-10-26(14-4-6-15(7-5-14)30-19(20,21)22)8-9-27(11)16-12(2)23-18-24-13(3)25-28(18)17(16)29/h4-7,11H,8-10H2,1-3H3,(H,23,24,25). The number of nitrogens with zero attached hydrogens (tertiary/aromatic N) is 5. The Hall–Kier alpha value is -3.24. The van der Waals surface area contributed by atoms with Crippen molar-refractivity contribution >= 4 is 17.2 Å². The molecule has 4 rings (SSSR count). The Kier molecular flexibility index (Phi) is 4.83. The second-order valence-electron chi connectivity index (χ2n) is 7.33. The summed E-state index contributed by atoms with van der Waals surface area (Å²) in [5.74, 6) is 0.689. The highest BCUT2D eigenvalue weighted by molar-refractivity contribution is 5.56. The van der Waals surface area contributed by atoms with Gasteiger partial charge in [0, 0.05) is 31.4 Å². The molecule has 1 fully saturated rings. The van der Waals surface area contributed by atoms with E-state index in [0.29, 0.717) is 42.6 Å². The van der Waals surface area contributed by atoms with Gasteiger partial charge in [-0.3, -0.25) is 9.89 Å². The molecule has 1 aliphatic rings. The molecule has 0 saturated carbocycles. The van der Waals surface area contributed by atoms with E-state index in [-0.39, 0.29) is 17.4 Å². The smallest absolute Gasteiger partial charge is 0.406 e. The first-order chi connectivity index (χ1) is 14.1. The molecule has 0 bridgehead atoms.